The van der Waals surface area contributed by atoms with Crippen molar-refractivity contribution in [2.24, 2.45) is 0 Å². The summed E-state index contributed by atoms with van der Waals surface area (Å²) in [6.45, 7) is 0. The number of nitrogens with one attached hydrogen (secondary N) is 2. The number of amides is 2. The van der Waals surface area contributed by atoms with Gasteiger partial charge in [-0.25, -0.2) is 4.98 Å². The Labute approximate surface area is 228 Å². The van der Waals surface area contributed by atoms with E-state index in [1.807, 2.05) is 72.1 Å². The minimum absolute atomic E-state index is 0.0988. The van der Waals surface area contributed by atoms with Gasteiger partial charge in [0.05, 0.1) is 19.2 Å². The second-order valence-electron chi connectivity index (χ2n) is 8.13. The van der Waals surface area contributed by atoms with Crippen LogP contribution in [0.5, 0.6) is 5.75 Å². The van der Waals surface area contributed by atoms with Gasteiger partial charge in [0, 0.05) is 27.9 Å². The molecule has 1 aromatic heterocycles. The molecule has 0 saturated heterocycles. The molecule has 4 rings (SSSR count). The van der Waals surface area contributed by atoms with Gasteiger partial charge >= 0.3 is 5.97 Å². The molecule has 0 bridgehead atoms. The van der Waals surface area contributed by atoms with Gasteiger partial charge in [-0.3, -0.25) is 14.4 Å². The number of aliphatic carboxylic acids is 1. The zero-order valence-corrected chi connectivity index (χ0v) is 22.1. The molecular formula is C28H25N3O5S2. The number of hydrogen-bond donors (Lipinski definition) is 3. The fraction of sp³-hybridized carbons (Fsp3) is 0.143. The van der Waals surface area contributed by atoms with Crippen molar-refractivity contribution in [1.82, 2.24) is 4.98 Å². The average molecular weight is 548 g/mol. The molecule has 194 valence electrons. The minimum atomic E-state index is -1.02. The van der Waals surface area contributed by atoms with Crippen molar-refractivity contribution in [3.63, 3.8) is 0 Å². The number of thioether (sulfide) groups is 1. The van der Waals surface area contributed by atoms with E-state index in [-0.39, 0.29) is 24.7 Å². The van der Waals surface area contributed by atoms with Gasteiger partial charge in [0.25, 0.3) is 0 Å². The van der Waals surface area contributed by atoms with Crippen LogP contribution < -0.4 is 15.4 Å². The molecule has 8 nitrogen and oxygen atoms in total. The Kier molecular flexibility index (Phi) is 9.12. The topological polar surface area (TPSA) is 118 Å². The number of rotatable bonds is 11. The average Bonchev–Trinajstić information content (AvgIpc) is 3.40. The summed E-state index contributed by atoms with van der Waals surface area (Å²) < 4.78 is 5.29. The van der Waals surface area contributed by atoms with E-state index in [9.17, 15) is 14.4 Å². The first-order chi connectivity index (χ1) is 18.4. The molecule has 4 aromatic rings. The third-order valence-electron chi connectivity index (χ3n) is 5.40. The summed E-state index contributed by atoms with van der Waals surface area (Å²) in [5.41, 5.74) is 3.03. The molecule has 3 aromatic carbocycles. The summed E-state index contributed by atoms with van der Waals surface area (Å²) in [4.78, 5) is 41.4. The Morgan fingerprint density at radius 1 is 0.974 bits per heavy atom. The molecule has 0 radical (unpaired) electrons. The summed E-state index contributed by atoms with van der Waals surface area (Å²) >= 11 is 2.73. The van der Waals surface area contributed by atoms with E-state index < -0.39 is 11.2 Å². The second kappa shape index (κ2) is 12.9. The van der Waals surface area contributed by atoms with Crippen LogP contribution in [0.4, 0.5) is 10.8 Å². The Morgan fingerprint density at radius 2 is 1.74 bits per heavy atom. The van der Waals surface area contributed by atoms with Gasteiger partial charge in [0.1, 0.15) is 11.0 Å². The van der Waals surface area contributed by atoms with Crippen LogP contribution in [0, 0.1) is 0 Å². The van der Waals surface area contributed by atoms with Crippen LogP contribution in [0.3, 0.4) is 0 Å². The van der Waals surface area contributed by atoms with E-state index in [0.29, 0.717) is 10.8 Å². The van der Waals surface area contributed by atoms with E-state index in [4.69, 9.17) is 9.84 Å². The number of thiazole rings is 1. The Bertz CT molecular complexity index is 1410. The maximum atomic E-state index is 13.4. The number of hydrogen-bond acceptors (Lipinski definition) is 7. The van der Waals surface area contributed by atoms with Gasteiger partial charge in [0.2, 0.25) is 11.8 Å². The number of methoxy groups -OCH3 is 1. The normalized spacial score (nSPS) is 11.4. The highest BCUT2D eigenvalue weighted by Crippen LogP contribution is 2.37. The lowest BCUT2D eigenvalue weighted by Gasteiger charge is -2.16. The Morgan fingerprint density at radius 3 is 2.45 bits per heavy atom. The lowest BCUT2D eigenvalue weighted by Crippen LogP contribution is -2.19. The predicted octanol–water partition coefficient (Wildman–Crippen LogP) is 6.09. The van der Waals surface area contributed by atoms with Crippen LogP contribution >= 0.6 is 23.1 Å². The van der Waals surface area contributed by atoms with Gasteiger partial charge in [-0.15, -0.1) is 23.1 Å². The number of benzene rings is 3. The van der Waals surface area contributed by atoms with E-state index >= 15 is 0 Å². The third-order valence-corrected chi connectivity index (χ3v) is 7.42. The molecule has 0 aliphatic carbocycles. The molecule has 38 heavy (non-hydrogen) atoms. The van der Waals surface area contributed by atoms with Crippen molar-refractivity contribution in [3.05, 3.63) is 89.8 Å². The molecular weight excluding hydrogens is 522 g/mol. The number of carboxylic acids is 1. The fourth-order valence-electron chi connectivity index (χ4n) is 3.51. The van der Waals surface area contributed by atoms with E-state index in [1.54, 1.807) is 19.2 Å². The van der Waals surface area contributed by atoms with E-state index in [0.717, 1.165) is 27.5 Å². The molecule has 0 aliphatic heterocycles. The summed E-state index contributed by atoms with van der Waals surface area (Å²) in [5, 5.41) is 16.2. The maximum absolute atomic E-state index is 13.4. The lowest BCUT2D eigenvalue weighted by atomic mass is 10.1. The van der Waals surface area contributed by atoms with Gasteiger partial charge in [-0.05, 0) is 42.0 Å². The van der Waals surface area contributed by atoms with Crippen LogP contribution in [-0.2, 0) is 14.4 Å². The molecule has 0 saturated carbocycles. The van der Waals surface area contributed by atoms with Crippen molar-refractivity contribution in [1.29, 1.82) is 0 Å². The molecule has 0 fully saturated rings. The Balaban J connectivity index is 1.46. The zero-order valence-electron chi connectivity index (χ0n) is 20.4. The van der Waals surface area contributed by atoms with Crippen LogP contribution in [-0.4, -0.2) is 35.0 Å². The molecule has 1 heterocycles. The van der Waals surface area contributed by atoms with Gasteiger partial charge in [-0.1, -0.05) is 42.5 Å². The smallest absolute Gasteiger partial charge is 0.303 e. The highest BCUT2D eigenvalue weighted by Gasteiger charge is 2.23. The lowest BCUT2D eigenvalue weighted by molar-refractivity contribution is -0.138. The van der Waals surface area contributed by atoms with E-state index in [2.05, 4.69) is 15.6 Å². The third kappa shape index (κ3) is 7.44. The first-order valence-corrected chi connectivity index (χ1v) is 13.4. The summed E-state index contributed by atoms with van der Waals surface area (Å²) in [6, 6.07) is 24.1. The fourth-order valence-corrected chi connectivity index (χ4v) is 5.26. The molecule has 1 unspecified atom stereocenters. The molecule has 0 aliphatic rings. The SMILES string of the molecule is COc1cccc(-c2csc(NC(=O)C(Sc3ccc(NC(=O)CCC(=O)O)cc3)c3ccccc3)n2)c1. The maximum Gasteiger partial charge on any atom is 0.303 e. The molecule has 2 amide bonds. The molecule has 10 heteroatoms. The zero-order chi connectivity index (χ0) is 26.9. The van der Waals surface area contributed by atoms with Gasteiger partial charge < -0.3 is 20.5 Å². The largest absolute Gasteiger partial charge is 0.497 e. The highest BCUT2D eigenvalue weighted by atomic mass is 32.2. The predicted molar refractivity (Wildman–Crippen MR) is 150 cm³/mol. The monoisotopic (exact) mass is 547 g/mol. The second-order valence-corrected chi connectivity index (χ2v) is 10.2. The molecule has 1 atom stereocenters. The van der Waals surface area contributed by atoms with Crippen LogP contribution in [0.25, 0.3) is 11.3 Å². The summed E-state index contributed by atoms with van der Waals surface area (Å²) in [6.07, 6.45) is -0.327. The van der Waals surface area contributed by atoms with Crippen molar-refractivity contribution in [3.8, 4) is 17.0 Å². The number of aromatic nitrogens is 1. The number of nitrogens with zero attached hydrogens (tertiary/aromatic N) is 1. The van der Waals surface area contributed by atoms with Crippen LogP contribution in [0.2, 0.25) is 0 Å². The van der Waals surface area contributed by atoms with Crippen molar-refractivity contribution in [2.45, 2.75) is 23.0 Å². The van der Waals surface area contributed by atoms with Crippen molar-refractivity contribution >= 4 is 51.7 Å². The number of carbonyl (C=O) groups excluding carboxylic acids is 2. The van der Waals surface area contributed by atoms with Crippen molar-refractivity contribution in [2.75, 3.05) is 17.7 Å². The van der Waals surface area contributed by atoms with E-state index in [1.165, 1.54) is 23.1 Å². The van der Waals surface area contributed by atoms with Gasteiger partial charge in [-0.2, -0.15) is 0 Å². The Hall–Kier alpha value is -4.15. The van der Waals surface area contributed by atoms with Crippen molar-refractivity contribution < 1.29 is 24.2 Å². The highest BCUT2D eigenvalue weighted by molar-refractivity contribution is 8.00. The number of anilines is 2. The number of carboxylic acid groups (broad SMARTS) is 1. The molecule has 3 N–H and O–H groups in total. The van der Waals surface area contributed by atoms with Crippen LogP contribution in [0.15, 0.2) is 89.1 Å². The first kappa shape index (κ1) is 26.9. The number of carbonyl (C=O) groups is 3. The summed E-state index contributed by atoms with van der Waals surface area (Å²) in [7, 11) is 1.61. The standard InChI is InChI=1S/C28H25N3O5S2/c1-36-21-9-5-8-19(16-21)23-17-37-28(30-23)31-27(35)26(18-6-3-2-4-7-18)38-22-12-10-20(11-13-22)29-24(32)14-15-25(33)34/h2-13,16-17,26H,14-15H2,1H3,(H,29,32)(H,33,34)(H,30,31,35). The minimum Gasteiger partial charge on any atom is -0.497 e. The van der Waals surface area contributed by atoms with Gasteiger partial charge in [0.15, 0.2) is 5.13 Å². The quantitative estimate of drug-likeness (QED) is 0.194. The molecule has 0 spiro atoms. The van der Waals surface area contributed by atoms with Crippen LogP contribution in [0.1, 0.15) is 23.7 Å². The summed E-state index contributed by atoms with van der Waals surface area (Å²) in [5.74, 6) is -0.872. The first-order valence-electron chi connectivity index (χ1n) is 11.7. The number of ether oxygens (including phenoxy) is 1.